The van der Waals surface area contributed by atoms with E-state index in [-0.39, 0.29) is 5.92 Å². The summed E-state index contributed by atoms with van der Waals surface area (Å²) in [6.45, 7) is 4.90. The molecule has 3 N–H and O–H groups in total. The molecule has 0 spiro atoms. The molecule has 0 fully saturated rings. The van der Waals surface area contributed by atoms with Crippen LogP contribution in [-0.2, 0) is 0 Å². The van der Waals surface area contributed by atoms with Crippen LogP contribution >= 0.6 is 0 Å². The van der Waals surface area contributed by atoms with Crippen molar-refractivity contribution in [3.05, 3.63) is 23.8 Å². The molecule has 0 amide bonds. The lowest BCUT2D eigenvalue weighted by atomic mass is 9.94. The number of methoxy groups -OCH3 is 1. The molecule has 18 heavy (non-hydrogen) atoms. The Labute approximate surface area is 109 Å². The Morgan fingerprint density at radius 3 is 2.61 bits per heavy atom. The van der Waals surface area contributed by atoms with Gasteiger partial charge < -0.3 is 20.3 Å². The molecule has 2 unspecified atom stereocenters. The molecule has 0 aliphatic rings. The van der Waals surface area contributed by atoms with Gasteiger partial charge in [-0.3, -0.25) is 0 Å². The van der Waals surface area contributed by atoms with Crippen molar-refractivity contribution in [3.63, 3.8) is 0 Å². The van der Waals surface area contributed by atoms with Gasteiger partial charge in [-0.05, 0) is 37.0 Å². The van der Waals surface area contributed by atoms with Gasteiger partial charge in [-0.15, -0.1) is 0 Å². The molecule has 0 aromatic heterocycles. The number of hydrogen-bond acceptors (Lipinski definition) is 4. The molecule has 1 rings (SSSR count). The quantitative estimate of drug-likeness (QED) is 0.779. The van der Waals surface area contributed by atoms with E-state index in [1.165, 1.54) is 0 Å². The van der Waals surface area contributed by atoms with E-state index in [0.717, 1.165) is 17.1 Å². The van der Waals surface area contributed by atoms with Crippen LogP contribution in [0.15, 0.2) is 18.2 Å². The van der Waals surface area contributed by atoms with Crippen molar-refractivity contribution >= 4 is 0 Å². The zero-order chi connectivity index (χ0) is 13.5. The molecule has 0 bridgehead atoms. The Hall–Kier alpha value is -1.26. The van der Waals surface area contributed by atoms with Gasteiger partial charge in [0.1, 0.15) is 0 Å². The molecule has 1 aromatic carbocycles. The van der Waals surface area contributed by atoms with Gasteiger partial charge in [0.2, 0.25) is 0 Å². The van der Waals surface area contributed by atoms with Gasteiger partial charge in [0.25, 0.3) is 0 Å². The molecule has 2 atom stereocenters. The summed E-state index contributed by atoms with van der Waals surface area (Å²) in [7, 11) is 1.63. The van der Waals surface area contributed by atoms with Gasteiger partial charge in [0, 0.05) is 6.54 Å². The van der Waals surface area contributed by atoms with Gasteiger partial charge in [-0.25, -0.2) is 0 Å². The van der Waals surface area contributed by atoms with Crippen molar-refractivity contribution < 1.29 is 14.6 Å². The summed E-state index contributed by atoms with van der Waals surface area (Å²) in [5, 5.41) is 9.57. The van der Waals surface area contributed by atoms with Crippen LogP contribution in [0, 0.1) is 0 Å². The molecule has 1 aromatic rings. The molecule has 4 nitrogen and oxygen atoms in total. The van der Waals surface area contributed by atoms with Crippen LogP contribution in [0.3, 0.4) is 0 Å². The topological polar surface area (TPSA) is 64.7 Å². The predicted molar refractivity (Wildman–Crippen MR) is 72.3 cm³/mol. The average molecular weight is 253 g/mol. The number of rotatable bonds is 7. The first-order valence-electron chi connectivity index (χ1n) is 6.31. The third-order valence-corrected chi connectivity index (χ3v) is 2.95. The van der Waals surface area contributed by atoms with Crippen LogP contribution in [0.1, 0.15) is 31.7 Å². The molecule has 4 heteroatoms. The van der Waals surface area contributed by atoms with E-state index >= 15 is 0 Å². The molecule has 0 radical (unpaired) electrons. The standard InChI is InChI=1S/C14H23NO3/c1-4-18-13-6-5-11(8-14(13)17-3)10(2)7-12(16)9-15/h5-6,8,10,12,16H,4,7,9,15H2,1-3H3. The molecule has 0 aliphatic carbocycles. The van der Waals surface area contributed by atoms with E-state index in [1.807, 2.05) is 25.1 Å². The summed E-state index contributed by atoms with van der Waals surface area (Å²) in [5.41, 5.74) is 6.54. The zero-order valence-corrected chi connectivity index (χ0v) is 11.3. The van der Waals surface area contributed by atoms with Gasteiger partial charge in [-0.1, -0.05) is 13.0 Å². The highest BCUT2D eigenvalue weighted by atomic mass is 16.5. The summed E-state index contributed by atoms with van der Waals surface area (Å²) >= 11 is 0. The second-order valence-electron chi connectivity index (χ2n) is 4.37. The Morgan fingerprint density at radius 2 is 2.06 bits per heavy atom. The average Bonchev–Trinajstić information content (AvgIpc) is 2.39. The van der Waals surface area contributed by atoms with Crippen molar-refractivity contribution in [1.29, 1.82) is 0 Å². The third-order valence-electron chi connectivity index (χ3n) is 2.95. The summed E-state index contributed by atoms with van der Waals surface area (Å²) in [6.07, 6.45) is 0.186. The van der Waals surface area contributed by atoms with Crippen LogP contribution in [0.2, 0.25) is 0 Å². The minimum atomic E-state index is -0.461. The van der Waals surface area contributed by atoms with E-state index < -0.39 is 6.10 Å². The fourth-order valence-electron chi connectivity index (χ4n) is 1.91. The van der Waals surface area contributed by atoms with Crippen LogP contribution in [-0.4, -0.2) is 31.5 Å². The second-order valence-corrected chi connectivity index (χ2v) is 4.37. The van der Waals surface area contributed by atoms with Crippen molar-refractivity contribution in [2.75, 3.05) is 20.3 Å². The molecule has 0 heterocycles. The van der Waals surface area contributed by atoms with Crippen LogP contribution in [0.25, 0.3) is 0 Å². The molecule has 0 saturated carbocycles. The number of hydrogen-bond donors (Lipinski definition) is 2. The first-order valence-corrected chi connectivity index (χ1v) is 6.31. The highest BCUT2D eigenvalue weighted by Gasteiger charge is 2.13. The monoisotopic (exact) mass is 253 g/mol. The first-order chi connectivity index (χ1) is 8.62. The van der Waals surface area contributed by atoms with Gasteiger partial charge >= 0.3 is 0 Å². The Bertz CT molecular complexity index is 368. The Balaban J connectivity index is 2.83. The molecular formula is C14H23NO3. The summed E-state index contributed by atoms with van der Waals surface area (Å²) < 4.78 is 10.8. The lowest BCUT2D eigenvalue weighted by molar-refractivity contribution is 0.165. The molecule has 0 aliphatic heterocycles. The summed E-state index contributed by atoms with van der Waals surface area (Å²) in [6, 6.07) is 5.86. The third kappa shape index (κ3) is 3.89. The number of aliphatic hydroxyl groups is 1. The SMILES string of the molecule is CCOc1ccc(C(C)CC(O)CN)cc1OC. The largest absolute Gasteiger partial charge is 0.493 e. The number of ether oxygens (including phenoxy) is 2. The highest BCUT2D eigenvalue weighted by molar-refractivity contribution is 5.43. The zero-order valence-electron chi connectivity index (χ0n) is 11.3. The normalized spacial score (nSPS) is 14.1. The Kier molecular flexibility index (Phi) is 5.95. The van der Waals surface area contributed by atoms with Gasteiger partial charge in [0.05, 0.1) is 19.8 Å². The van der Waals surface area contributed by atoms with Crippen LogP contribution < -0.4 is 15.2 Å². The van der Waals surface area contributed by atoms with Crippen molar-refractivity contribution in [3.8, 4) is 11.5 Å². The van der Waals surface area contributed by atoms with Crippen LogP contribution in [0.4, 0.5) is 0 Å². The minimum Gasteiger partial charge on any atom is -0.493 e. The van der Waals surface area contributed by atoms with Crippen molar-refractivity contribution in [2.24, 2.45) is 5.73 Å². The highest BCUT2D eigenvalue weighted by Crippen LogP contribution is 2.32. The number of benzene rings is 1. The van der Waals surface area contributed by atoms with E-state index in [2.05, 4.69) is 6.92 Å². The first kappa shape index (κ1) is 14.8. The number of nitrogens with two attached hydrogens (primary N) is 1. The van der Waals surface area contributed by atoms with E-state index in [9.17, 15) is 5.11 Å². The maximum absolute atomic E-state index is 9.57. The smallest absolute Gasteiger partial charge is 0.161 e. The molecule has 0 saturated heterocycles. The van der Waals surface area contributed by atoms with E-state index in [4.69, 9.17) is 15.2 Å². The molecule has 102 valence electrons. The van der Waals surface area contributed by atoms with E-state index in [1.54, 1.807) is 7.11 Å². The van der Waals surface area contributed by atoms with Gasteiger partial charge in [0.15, 0.2) is 11.5 Å². The fourth-order valence-corrected chi connectivity index (χ4v) is 1.91. The lowest BCUT2D eigenvalue weighted by Gasteiger charge is -2.17. The second kappa shape index (κ2) is 7.24. The van der Waals surface area contributed by atoms with Crippen molar-refractivity contribution in [1.82, 2.24) is 0 Å². The van der Waals surface area contributed by atoms with Gasteiger partial charge in [-0.2, -0.15) is 0 Å². The van der Waals surface area contributed by atoms with E-state index in [0.29, 0.717) is 19.6 Å². The predicted octanol–water partition coefficient (Wildman–Crippen LogP) is 1.91. The maximum Gasteiger partial charge on any atom is 0.161 e. The molecular weight excluding hydrogens is 230 g/mol. The van der Waals surface area contributed by atoms with Crippen LogP contribution in [0.5, 0.6) is 11.5 Å². The lowest BCUT2D eigenvalue weighted by Crippen LogP contribution is -2.21. The maximum atomic E-state index is 9.57. The number of aliphatic hydroxyl groups excluding tert-OH is 1. The summed E-state index contributed by atoms with van der Waals surface area (Å²) in [5.74, 6) is 1.70. The van der Waals surface area contributed by atoms with Crippen molar-refractivity contribution in [2.45, 2.75) is 32.3 Å². The summed E-state index contributed by atoms with van der Waals surface area (Å²) in [4.78, 5) is 0. The fraction of sp³-hybridized carbons (Fsp3) is 0.571. The Morgan fingerprint density at radius 1 is 1.33 bits per heavy atom. The minimum absolute atomic E-state index is 0.230.